The van der Waals surface area contributed by atoms with Gasteiger partial charge in [-0.05, 0) is 37.6 Å². The fourth-order valence-electron chi connectivity index (χ4n) is 2.08. The molecular weight excluding hydrogens is 224 g/mol. The Morgan fingerprint density at radius 2 is 1.94 bits per heavy atom. The van der Waals surface area contributed by atoms with E-state index < -0.39 is 0 Å². The Morgan fingerprint density at radius 1 is 1.11 bits per heavy atom. The highest BCUT2D eigenvalue weighted by Crippen LogP contribution is 2.25. The first-order chi connectivity index (χ1) is 8.66. The number of aromatic nitrogens is 3. The van der Waals surface area contributed by atoms with Gasteiger partial charge in [0.1, 0.15) is 17.2 Å². The summed E-state index contributed by atoms with van der Waals surface area (Å²) in [6, 6.07) is 9.89. The van der Waals surface area contributed by atoms with Crippen LogP contribution in [0.25, 0.3) is 17.0 Å². The molecular formula is C14H14N4. The third-order valence-electron chi connectivity index (χ3n) is 3.03. The first-order valence-electron chi connectivity index (χ1n) is 5.83. The number of nitrogen functional groups attached to an aromatic ring is 1. The molecule has 0 saturated heterocycles. The molecule has 0 radical (unpaired) electrons. The van der Waals surface area contributed by atoms with Crippen molar-refractivity contribution in [2.75, 3.05) is 5.73 Å². The molecule has 0 aliphatic rings. The molecule has 90 valence electrons. The molecule has 0 bridgehead atoms. The van der Waals surface area contributed by atoms with Crippen LogP contribution in [0.2, 0.25) is 0 Å². The summed E-state index contributed by atoms with van der Waals surface area (Å²) in [5, 5.41) is 0. The van der Waals surface area contributed by atoms with Crippen molar-refractivity contribution in [3.8, 4) is 11.4 Å². The van der Waals surface area contributed by atoms with Gasteiger partial charge >= 0.3 is 0 Å². The monoisotopic (exact) mass is 238 g/mol. The lowest BCUT2D eigenvalue weighted by Crippen LogP contribution is -1.97. The van der Waals surface area contributed by atoms with Crippen LogP contribution in [0.5, 0.6) is 0 Å². The zero-order valence-corrected chi connectivity index (χ0v) is 10.4. The molecule has 0 aromatic carbocycles. The molecule has 0 aliphatic heterocycles. The molecule has 4 heteroatoms. The number of rotatable bonds is 1. The van der Waals surface area contributed by atoms with Crippen LogP contribution in [-0.2, 0) is 0 Å². The van der Waals surface area contributed by atoms with Crippen molar-refractivity contribution in [2.24, 2.45) is 0 Å². The van der Waals surface area contributed by atoms with Gasteiger partial charge in [-0.2, -0.15) is 0 Å². The van der Waals surface area contributed by atoms with Crippen molar-refractivity contribution < 1.29 is 0 Å². The lowest BCUT2D eigenvalue weighted by Gasteiger charge is -2.01. The van der Waals surface area contributed by atoms with E-state index in [1.54, 1.807) is 0 Å². The summed E-state index contributed by atoms with van der Waals surface area (Å²) >= 11 is 0. The average molecular weight is 238 g/mol. The van der Waals surface area contributed by atoms with E-state index in [0.717, 1.165) is 28.3 Å². The molecule has 0 spiro atoms. The molecule has 0 fully saturated rings. The third-order valence-corrected chi connectivity index (χ3v) is 3.03. The maximum absolute atomic E-state index is 6.17. The number of pyridine rings is 2. The Labute approximate surface area is 105 Å². The minimum absolute atomic E-state index is 0.638. The van der Waals surface area contributed by atoms with E-state index in [4.69, 9.17) is 5.73 Å². The quantitative estimate of drug-likeness (QED) is 0.709. The molecule has 18 heavy (non-hydrogen) atoms. The molecule has 3 aromatic rings. The highest BCUT2D eigenvalue weighted by atomic mass is 15.1. The number of anilines is 1. The Balaban J connectivity index is 2.27. The normalized spacial score (nSPS) is 11.0. The summed E-state index contributed by atoms with van der Waals surface area (Å²) < 4.78 is 1.94. The van der Waals surface area contributed by atoms with Crippen molar-refractivity contribution in [3.63, 3.8) is 0 Å². The minimum Gasteiger partial charge on any atom is -0.383 e. The Morgan fingerprint density at radius 3 is 2.61 bits per heavy atom. The molecule has 0 saturated carbocycles. The van der Waals surface area contributed by atoms with E-state index in [-0.39, 0.29) is 0 Å². The molecule has 3 heterocycles. The van der Waals surface area contributed by atoms with Crippen LogP contribution in [0.1, 0.15) is 11.3 Å². The molecule has 4 nitrogen and oxygen atoms in total. The second kappa shape index (κ2) is 3.84. The van der Waals surface area contributed by atoms with Crippen LogP contribution in [0.3, 0.4) is 0 Å². The fourth-order valence-corrected chi connectivity index (χ4v) is 2.08. The number of nitrogens with two attached hydrogens (primary N) is 1. The Hall–Kier alpha value is -2.36. The van der Waals surface area contributed by atoms with Crippen LogP contribution in [-0.4, -0.2) is 14.4 Å². The number of nitrogens with zero attached hydrogens (tertiary/aromatic N) is 3. The van der Waals surface area contributed by atoms with Crippen LogP contribution >= 0.6 is 0 Å². The van der Waals surface area contributed by atoms with E-state index in [1.165, 1.54) is 0 Å². The topological polar surface area (TPSA) is 56.2 Å². The van der Waals surface area contributed by atoms with Gasteiger partial charge in [0.05, 0.1) is 5.69 Å². The maximum atomic E-state index is 6.17. The second-order valence-corrected chi connectivity index (χ2v) is 4.43. The van der Waals surface area contributed by atoms with Gasteiger partial charge in [0.2, 0.25) is 0 Å². The lowest BCUT2D eigenvalue weighted by molar-refractivity contribution is 1.10. The highest BCUT2D eigenvalue weighted by Gasteiger charge is 2.12. The minimum atomic E-state index is 0.638. The van der Waals surface area contributed by atoms with E-state index in [2.05, 4.69) is 9.97 Å². The van der Waals surface area contributed by atoms with Gasteiger partial charge in [-0.1, -0.05) is 12.1 Å². The summed E-state index contributed by atoms with van der Waals surface area (Å²) in [7, 11) is 0. The van der Waals surface area contributed by atoms with Gasteiger partial charge in [-0.3, -0.25) is 9.38 Å². The average Bonchev–Trinajstić information content (AvgIpc) is 2.69. The number of aryl methyl sites for hydroxylation is 2. The second-order valence-electron chi connectivity index (χ2n) is 4.43. The zero-order chi connectivity index (χ0) is 12.7. The summed E-state index contributed by atoms with van der Waals surface area (Å²) in [5.41, 5.74) is 10.8. The van der Waals surface area contributed by atoms with E-state index in [0.29, 0.717) is 5.82 Å². The van der Waals surface area contributed by atoms with Gasteiger partial charge in [-0.15, -0.1) is 0 Å². The zero-order valence-electron chi connectivity index (χ0n) is 10.4. The van der Waals surface area contributed by atoms with Gasteiger partial charge < -0.3 is 5.73 Å². The number of hydrogen-bond donors (Lipinski definition) is 1. The van der Waals surface area contributed by atoms with Crippen molar-refractivity contribution >= 4 is 11.5 Å². The van der Waals surface area contributed by atoms with Crippen molar-refractivity contribution in [1.29, 1.82) is 0 Å². The van der Waals surface area contributed by atoms with Crippen LogP contribution in [0, 0.1) is 13.8 Å². The molecule has 0 amide bonds. The smallest absolute Gasteiger partial charge is 0.139 e. The molecule has 2 N–H and O–H groups in total. The summed E-state index contributed by atoms with van der Waals surface area (Å²) in [6.07, 6.45) is 1.83. The SMILES string of the molecule is Cc1ccc(-c2nc3cccc(C)n3c2N)nc1. The predicted octanol–water partition coefficient (Wildman–Crippen LogP) is 2.60. The summed E-state index contributed by atoms with van der Waals surface area (Å²) in [5.74, 6) is 0.638. The van der Waals surface area contributed by atoms with Crippen LogP contribution in [0.4, 0.5) is 5.82 Å². The first-order valence-corrected chi connectivity index (χ1v) is 5.83. The molecule has 0 unspecified atom stereocenters. The maximum Gasteiger partial charge on any atom is 0.139 e. The lowest BCUT2D eigenvalue weighted by atomic mass is 10.2. The first kappa shape index (κ1) is 10.8. The standard InChI is InChI=1S/C14H14N4/c1-9-6-7-11(16-8-9)13-14(15)18-10(2)4-3-5-12(18)17-13/h3-8H,15H2,1-2H3. The molecule has 0 aliphatic carbocycles. The van der Waals surface area contributed by atoms with Crippen molar-refractivity contribution in [2.45, 2.75) is 13.8 Å². The van der Waals surface area contributed by atoms with E-state index >= 15 is 0 Å². The van der Waals surface area contributed by atoms with Crippen LogP contribution in [0.15, 0.2) is 36.5 Å². The molecule has 3 aromatic heterocycles. The number of fused-ring (bicyclic) bond motifs is 1. The summed E-state index contributed by atoms with van der Waals surface area (Å²) in [4.78, 5) is 8.93. The van der Waals surface area contributed by atoms with Gasteiger partial charge in [-0.25, -0.2) is 4.98 Å². The molecule has 0 atom stereocenters. The highest BCUT2D eigenvalue weighted by molar-refractivity contribution is 5.72. The fraction of sp³-hybridized carbons (Fsp3) is 0.143. The van der Waals surface area contributed by atoms with E-state index in [9.17, 15) is 0 Å². The number of imidazole rings is 1. The van der Waals surface area contributed by atoms with Gasteiger partial charge in [0, 0.05) is 11.9 Å². The number of hydrogen-bond acceptors (Lipinski definition) is 3. The van der Waals surface area contributed by atoms with Crippen molar-refractivity contribution in [1.82, 2.24) is 14.4 Å². The Kier molecular flexibility index (Phi) is 2.30. The summed E-state index contributed by atoms with van der Waals surface area (Å²) in [6.45, 7) is 4.02. The van der Waals surface area contributed by atoms with Crippen molar-refractivity contribution in [3.05, 3.63) is 47.8 Å². The van der Waals surface area contributed by atoms with Gasteiger partial charge in [0.15, 0.2) is 0 Å². The molecule has 3 rings (SSSR count). The third kappa shape index (κ3) is 1.54. The van der Waals surface area contributed by atoms with E-state index in [1.807, 2.05) is 54.8 Å². The Bertz CT molecular complexity index is 710. The predicted molar refractivity (Wildman–Crippen MR) is 72.3 cm³/mol. The largest absolute Gasteiger partial charge is 0.383 e. The van der Waals surface area contributed by atoms with Crippen LogP contribution < -0.4 is 5.73 Å². The van der Waals surface area contributed by atoms with Gasteiger partial charge in [0.25, 0.3) is 0 Å².